The Labute approximate surface area is 193 Å². The van der Waals surface area contributed by atoms with Crippen LogP contribution >= 0.6 is 34.8 Å². The molecule has 1 heterocycles. The van der Waals surface area contributed by atoms with E-state index in [1.165, 1.54) is 20.5 Å². The predicted octanol–water partition coefficient (Wildman–Crippen LogP) is 5.25. The molecule has 0 aliphatic rings. The molecule has 3 N–H and O–H groups in total. The van der Waals surface area contributed by atoms with E-state index in [1.807, 2.05) is 12.1 Å². The fraction of sp³-hybridized carbons (Fsp3) is 0.150. The van der Waals surface area contributed by atoms with Gasteiger partial charge in [-0.3, -0.25) is 4.79 Å². The first-order valence-electron chi connectivity index (χ1n) is 8.89. The van der Waals surface area contributed by atoms with Gasteiger partial charge in [0.15, 0.2) is 5.75 Å². The number of carbonyl (C=O) groups excluding carboxylic acids is 1. The van der Waals surface area contributed by atoms with E-state index in [9.17, 15) is 4.79 Å². The summed E-state index contributed by atoms with van der Waals surface area (Å²) in [7, 11) is 2.91. The number of hydrogen-bond acceptors (Lipinski definition) is 7. The van der Waals surface area contributed by atoms with E-state index in [1.54, 1.807) is 24.3 Å². The van der Waals surface area contributed by atoms with E-state index in [2.05, 4.69) is 25.9 Å². The Kier molecular flexibility index (Phi) is 7.62. The number of nitrogens with zero attached hydrogens (tertiary/aromatic N) is 2. The van der Waals surface area contributed by atoms with Crippen molar-refractivity contribution >= 4 is 63.7 Å². The van der Waals surface area contributed by atoms with E-state index >= 15 is 0 Å². The van der Waals surface area contributed by atoms with E-state index in [0.29, 0.717) is 28.1 Å². The van der Waals surface area contributed by atoms with Crippen molar-refractivity contribution in [1.82, 2.24) is 9.97 Å². The number of anilines is 4. The summed E-state index contributed by atoms with van der Waals surface area (Å²) >= 11 is 18.5. The normalized spacial score (nSPS) is 10.4. The largest absolute Gasteiger partial charge is 0.495 e. The van der Waals surface area contributed by atoms with Crippen molar-refractivity contribution in [3.63, 3.8) is 0 Å². The maximum Gasteiger partial charge on any atom is 0.244 e. The molecule has 0 atom stereocenters. The van der Waals surface area contributed by atoms with E-state index < -0.39 is 0 Å². The average Bonchev–Trinajstić information content (AvgIpc) is 2.74. The molecule has 0 fully saturated rings. The average molecular weight is 483 g/mol. The van der Waals surface area contributed by atoms with E-state index in [4.69, 9.17) is 44.3 Å². The zero-order valence-electron chi connectivity index (χ0n) is 16.5. The lowest BCUT2D eigenvalue weighted by molar-refractivity contribution is -0.114. The highest BCUT2D eigenvalue weighted by atomic mass is 35.5. The van der Waals surface area contributed by atoms with Gasteiger partial charge in [-0.25, -0.2) is 9.97 Å². The van der Waals surface area contributed by atoms with E-state index in [-0.39, 0.29) is 28.2 Å². The minimum absolute atomic E-state index is 0.0886. The van der Waals surface area contributed by atoms with Crippen LogP contribution < -0.4 is 25.4 Å². The molecule has 31 heavy (non-hydrogen) atoms. The van der Waals surface area contributed by atoms with Gasteiger partial charge in [0, 0.05) is 22.8 Å². The standard InChI is InChI=1S/C20H18Cl3N5O3/c1-30-14-7-13(18(22)20(31-2)19(14)23)24-9-17(29)28-16-8-15(25-10-26-16)27-12-5-3-4-11(21)6-12/h3-8,10,24H,9H2,1-2H3,(H2,25,26,27,28,29). The number of amides is 1. The first-order valence-corrected chi connectivity index (χ1v) is 10.0. The lowest BCUT2D eigenvalue weighted by Crippen LogP contribution is -2.22. The van der Waals surface area contributed by atoms with Crippen LogP contribution in [0.5, 0.6) is 11.5 Å². The van der Waals surface area contributed by atoms with Gasteiger partial charge >= 0.3 is 0 Å². The lowest BCUT2D eigenvalue weighted by atomic mass is 10.2. The third-order valence-corrected chi connectivity index (χ3v) is 4.99. The molecule has 1 amide bonds. The number of nitrogens with one attached hydrogen (secondary N) is 3. The summed E-state index contributed by atoms with van der Waals surface area (Å²) in [4.78, 5) is 20.6. The van der Waals surface area contributed by atoms with Gasteiger partial charge in [0.2, 0.25) is 5.91 Å². The maximum atomic E-state index is 12.4. The van der Waals surface area contributed by atoms with Crippen molar-refractivity contribution in [3.8, 4) is 11.5 Å². The summed E-state index contributed by atoms with van der Waals surface area (Å²) in [6.45, 7) is -0.0886. The Morgan fingerprint density at radius 1 is 1.00 bits per heavy atom. The molecule has 0 radical (unpaired) electrons. The van der Waals surface area contributed by atoms with Crippen LogP contribution in [0, 0.1) is 0 Å². The summed E-state index contributed by atoms with van der Waals surface area (Å²) in [5, 5.41) is 9.78. The van der Waals surface area contributed by atoms with Crippen molar-refractivity contribution < 1.29 is 14.3 Å². The zero-order valence-corrected chi connectivity index (χ0v) is 18.8. The second-order valence-electron chi connectivity index (χ2n) is 6.11. The molecule has 11 heteroatoms. The number of benzene rings is 2. The van der Waals surface area contributed by atoms with Crippen LogP contribution in [0.15, 0.2) is 42.7 Å². The second kappa shape index (κ2) is 10.4. The smallest absolute Gasteiger partial charge is 0.244 e. The van der Waals surface area contributed by atoms with Gasteiger partial charge in [-0.05, 0) is 18.2 Å². The molecule has 0 saturated heterocycles. The molecule has 0 aliphatic carbocycles. The molecule has 0 aliphatic heterocycles. The van der Waals surface area contributed by atoms with Gasteiger partial charge in [0.1, 0.15) is 33.8 Å². The Bertz CT molecular complexity index is 1100. The van der Waals surface area contributed by atoms with Gasteiger partial charge in [-0.1, -0.05) is 40.9 Å². The maximum absolute atomic E-state index is 12.4. The Balaban J connectivity index is 1.65. The van der Waals surface area contributed by atoms with Crippen LogP contribution in [0.2, 0.25) is 15.1 Å². The number of carbonyl (C=O) groups is 1. The van der Waals surface area contributed by atoms with Crippen molar-refractivity contribution in [2.75, 3.05) is 36.7 Å². The monoisotopic (exact) mass is 481 g/mol. The zero-order chi connectivity index (χ0) is 22.4. The van der Waals surface area contributed by atoms with Gasteiger partial charge < -0.3 is 25.4 Å². The summed E-state index contributed by atoms with van der Waals surface area (Å²) in [5.74, 6) is 1.08. The molecule has 3 aromatic rings. The van der Waals surface area contributed by atoms with Crippen LogP contribution in [0.4, 0.5) is 23.0 Å². The van der Waals surface area contributed by atoms with Crippen molar-refractivity contribution in [2.24, 2.45) is 0 Å². The quantitative estimate of drug-likeness (QED) is 0.403. The molecule has 3 rings (SSSR count). The summed E-state index contributed by atoms with van der Waals surface area (Å²) in [6.07, 6.45) is 1.34. The molecule has 162 valence electrons. The number of rotatable bonds is 8. The number of halogens is 3. The Morgan fingerprint density at radius 3 is 2.48 bits per heavy atom. The number of ether oxygens (including phenoxy) is 2. The Morgan fingerprint density at radius 2 is 1.77 bits per heavy atom. The van der Waals surface area contributed by atoms with Crippen LogP contribution in [-0.2, 0) is 4.79 Å². The molecular formula is C20H18Cl3N5O3. The highest BCUT2D eigenvalue weighted by molar-refractivity contribution is 6.39. The SMILES string of the molecule is COc1cc(NCC(=O)Nc2cc(Nc3cccc(Cl)c3)ncn2)c(Cl)c(OC)c1Cl. The summed E-state index contributed by atoms with van der Waals surface area (Å²) in [5.41, 5.74) is 1.19. The van der Waals surface area contributed by atoms with Crippen LogP contribution in [0.25, 0.3) is 0 Å². The highest BCUT2D eigenvalue weighted by Crippen LogP contribution is 2.44. The molecule has 0 bridgehead atoms. The van der Waals surface area contributed by atoms with Crippen molar-refractivity contribution in [3.05, 3.63) is 57.8 Å². The first kappa shape index (κ1) is 22.7. The Hall–Kier alpha value is -2.94. The van der Waals surface area contributed by atoms with Crippen molar-refractivity contribution in [1.29, 1.82) is 0 Å². The predicted molar refractivity (Wildman–Crippen MR) is 123 cm³/mol. The fourth-order valence-corrected chi connectivity index (χ4v) is 3.45. The molecule has 0 spiro atoms. The number of aromatic nitrogens is 2. The van der Waals surface area contributed by atoms with Gasteiger partial charge in [-0.2, -0.15) is 0 Å². The van der Waals surface area contributed by atoms with Crippen LogP contribution in [-0.4, -0.2) is 36.6 Å². The summed E-state index contributed by atoms with van der Waals surface area (Å²) in [6, 6.07) is 10.4. The van der Waals surface area contributed by atoms with Gasteiger partial charge in [-0.15, -0.1) is 0 Å². The van der Waals surface area contributed by atoms with Gasteiger partial charge in [0.05, 0.1) is 26.5 Å². The first-order chi connectivity index (χ1) is 14.9. The molecular weight excluding hydrogens is 465 g/mol. The van der Waals surface area contributed by atoms with Crippen LogP contribution in [0.3, 0.4) is 0 Å². The fourth-order valence-electron chi connectivity index (χ4n) is 2.62. The third-order valence-electron chi connectivity index (χ3n) is 4.02. The van der Waals surface area contributed by atoms with Crippen LogP contribution in [0.1, 0.15) is 0 Å². The number of hydrogen-bond donors (Lipinski definition) is 3. The topological polar surface area (TPSA) is 97.4 Å². The van der Waals surface area contributed by atoms with Crippen molar-refractivity contribution in [2.45, 2.75) is 0 Å². The molecule has 0 unspecified atom stereocenters. The van der Waals surface area contributed by atoms with Gasteiger partial charge in [0.25, 0.3) is 0 Å². The second-order valence-corrected chi connectivity index (χ2v) is 7.31. The molecule has 8 nitrogen and oxygen atoms in total. The molecule has 2 aromatic carbocycles. The minimum atomic E-state index is -0.351. The van der Waals surface area contributed by atoms with E-state index in [0.717, 1.165) is 5.69 Å². The lowest BCUT2D eigenvalue weighted by Gasteiger charge is -2.15. The highest BCUT2D eigenvalue weighted by Gasteiger charge is 2.17. The number of methoxy groups -OCH3 is 2. The summed E-state index contributed by atoms with van der Waals surface area (Å²) < 4.78 is 10.4. The minimum Gasteiger partial charge on any atom is -0.495 e. The molecule has 1 aromatic heterocycles. The molecule has 0 saturated carbocycles. The third kappa shape index (κ3) is 5.81.